The van der Waals surface area contributed by atoms with E-state index in [0.29, 0.717) is 0 Å². The standard InChI is InChI=1S/C14H20O10/c1-7(16)12(21,6-15)14(23,9(3)18)13(22,8(2)17)11(20)5-24-10(4)19/h6,11,20-23H,5H2,1-4H3/t11-,12-,13-,14-/m1/s1/i1D,2D,3D,4D. The van der Waals surface area contributed by atoms with Crippen molar-refractivity contribution in [3.8, 4) is 0 Å². The summed E-state index contributed by atoms with van der Waals surface area (Å²) in [6.45, 7) is -6.68. The zero-order chi connectivity index (χ0) is 22.3. The van der Waals surface area contributed by atoms with Gasteiger partial charge in [-0.05, 0) is 20.7 Å². The molecule has 24 heavy (non-hydrogen) atoms. The second-order valence-corrected chi connectivity index (χ2v) is 4.83. The van der Waals surface area contributed by atoms with E-state index in [-0.39, 0.29) is 0 Å². The van der Waals surface area contributed by atoms with E-state index in [1.807, 2.05) is 0 Å². The topological polar surface area (TPSA) is 176 Å². The van der Waals surface area contributed by atoms with Crippen LogP contribution in [0.4, 0.5) is 0 Å². The molecule has 4 atom stereocenters. The number of aldehydes is 1. The molecular weight excluding hydrogens is 328 g/mol. The Morgan fingerprint density at radius 3 is 2.00 bits per heavy atom. The van der Waals surface area contributed by atoms with E-state index in [2.05, 4.69) is 4.74 Å². The molecule has 0 bridgehead atoms. The van der Waals surface area contributed by atoms with Crippen LogP contribution in [0.25, 0.3) is 0 Å². The quantitative estimate of drug-likeness (QED) is 0.191. The minimum Gasteiger partial charge on any atom is -0.463 e. The molecule has 0 aromatic rings. The van der Waals surface area contributed by atoms with Crippen molar-refractivity contribution >= 4 is 29.6 Å². The van der Waals surface area contributed by atoms with Gasteiger partial charge in [-0.3, -0.25) is 24.0 Å². The van der Waals surface area contributed by atoms with Crippen LogP contribution in [0.3, 0.4) is 0 Å². The Balaban J connectivity index is 6.80. The Kier molecular flexibility index (Phi) is 4.69. The Hall–Kier alpha value is -2.01. The highest BCUT2D eigenvalue weighted by Gasteiger charge is 2.72. The molecule has 136 valence electrons. The first-order valence-corrected chi connectivity index (χ1v) is 6.12. The molecule has 0 fully saturated rings. The van der Waals surface area contributed by atoms with E-state index in [0.717, 1.165) is 0 Å². The second kappa shape index (κ2) is 7.26. The van der Waals surface area contributed by atoms with Gasteiger partial charge in [0.05, 0.1) is 0 Å². The smallest absolute Gasteiger partial charge is 0.302 e. The fraction of sp³-hybridized carbons (Fsp3) is 0.643. The van der Waals surface area contributed by atoms with Crippen LogP contribution in [0.2, 0.25) is 0 Å². The van der Waals surface area contributed by atoms with Gasteiger partial charge < -0.3 is 25.2 Å². The van der Waals surface area contributed by atoms with Crippen LogP contribution in [-0.4, -0.2) is 79.5 Å². The summed E-state index contributed by atoms with van der Waals surface area (Å²) in [5.74, 6) is -6.98. The third-order valence-electron chi connectivity index (χ3n) is 3.41. The molecule has 10 nitrogen and oxygen atoms in total. The fourth-order valence-corrected chi connectivity index (χ4v) is 1.99. The predicted octanol–water partition coefficient (Wildman–Crippen LogP) is -2.93. The lowest BCUT2D eigenvalue weighted by Crippen LogP contribution is -2.80. The van der Waals surface area contributed by atoms with Crippen molar-refractivity contribution in [1.29, 1.82) is 0 Å². The number of Topliss-reactive ketones (excluding diaryl/α,β-unsaturated/α-hetero) is 3. The molecule has 0 heterocycles. The first-order valence-electron chi connectivity index (χ1n) is 8.95. The summed E-state index contributed by atoms with van der Waals surface area (Å²) in [4.78, 5) is 58.8. The molecule has 0 aromatic heterocycles. The van der Waals surface area contributed by atoms with E-state index in [1.165, 1.54) is 0 Å². The average Bonchev–Trinajstić information content (AvgIpc) is 2.72. The monoisotopic (exact) mass is 352 g/mol. The summed E-state index contributed by atoms with van der Waals surface area (Å²) in [5.41, 5.74) is -12.1. The van der Waals surface area contributed by atoms with E-state index in [4.69, 9.17) is 5.48 Å². The highest BCUT2D eigenvalue weighted by atomic mass is 16.5. The van der Waals surface area contributed by atoms with Gasteiger partial charge in [-0.2, -0.15) is 0 Å². The molecule has 0 saturated carbocycles. The Morgan fingerprint density at radius 1 is 1.04 bits per heavy atom. The SMILES string of the molecule is [2H]CC(=O)OC[C@@H](O)[C@](O)(C(=O)C[2H])[C@@](O)(C(=O)C[2H])[C@@](O)(C=O)C(=O)C[2H]. The molecule has 0 aliphatic rings. The van der Waals surface area contributed by atoms with Crippen LogP contribution in [0, 0.1) is 0 Å². The van der Waals surface area contributed by atoms with Crippen LogP contribution in [0.5, 0.6) is 0 Å². The molecule has 0 rings (SSSR count). The van der Waals surface area contributed by atoms with Crippen molar-refractivity contribution in [3.05, 3.63) is 0 Å². The van der Waals surface area contributed by atoms with Gasteiger partial charge in [-0.15, -0.1) is 0 Å². The van der Waals surface area contributed by atoms with Gasteiger partial charge in [0.2, 0.25) is 11.2 Å². The van der Waals surface area contributed by atoms with Gasteiger partial charge in [-0.25, -0.2) is 0 Å². The molecule has 0 aromatic carbocycles. The van der Waals surface area contributed by atoms with Gasteiger partial charge in [-0.1, -0.05) is 0 Å². The van der Waals surface area contributed by atoms with Crippen LogP contribution < -0.4 is 0 Å². The van der Waals surface area contributed by atoms with Crippen molar-refractivity contribution in [1.82, 2.24) is 0 Å². The van der Waals surface area contributed by atoms with Gasteiger partial charge in [0.25, 0.3) is 0 Å². The largest absolute Gasteiger partial charge is 0.463 e. The molecule has 0 aliphatic heterocycles. The molecule has 0 saturated heterocycles. The fourth-order valence-electron chi connectivity index (χ4n) is 1.99. The number of esters is 1. The number of carbonyl (C=O) groups excluding carboxylic acids is 5. The average molecular weight is 352 g/mol. The molecule has 0 unspecified atom stereocenters. The molecular formula is C14H20O10. The lowest BCUT2D eigenvalue weighted by atomic mass is 9.63. The summed E-state index contributed by atoms with van der Waals surface area (Å²) < 4.78 is 32.2. The molecule has 0 spiro atoms. The highest BCUT2D eigenvalue weighted by molar-refractivity contribution is 6.12. The Bertz CT molecular complexity index is 644. The lowest BCUT2D eigenvalue weighted by Gasteiger charge is -2.47. The van der Waals surface area contributed by atoms with Crippen molar-refractivity contribution in [3.63, 3.8) is 0 Å². The zero-order valence-electron chi connectivity index (χ0n) is 16.4. The minimum atomic E-state index is -4.19. The van der Waals surface area contributed by atoms with E-state index in [1.54, 1.807) is 0 Å². The maximum absolute atomic E-state index is 12.2. The lowest BCUT2D eigenvalue weighted by molar-refractivity contribution is -0.244. The number of aliphatic hydroxyl groups is 4. The third kappa shape index (κ3) is 3.13. The van der Waals surface area contributed by atoms with Crippen molar-refractivity contribution < 1.29 is 54.6 Å². The normalized spacial score (nSPS) is 22.0. The second-order valence-electron chi connectivity index (χ2n) is 4.83. The molecule has 0 amide bonds. The maximum Gasteiger partial charge on any atom is 0.302 e. The summed E-state index contributed by atoms with van der Waals surface area (Å²) >= 11 is 0. The van der Waals surface area contributed by atoms with Crippen molar-refractivity contribution in [2.24, 2.45) is 0 Å². The Labute approximate surface area is 142 Å². The molecule has 0 aliphatic carbocycles. The molecule has 10 heteroatoms. The number of rotatable bonds is 9. The van der Waals surface area contributed by atoms with Crippen LogP contribution in [0.15, 0.2) is 0 Å². The number of aliphatic hydroxyl groups excluding tert-OH is 1. The van der Waals surface area contributed by atoms with Crippen LogP contribution in [0.1, 0.15) is 33.1 Å². The number of hydrogen-bond donors (Lipinski definition) is 4. The zero-order valence-corrected chi connectivity index (χ0v) is 12.4. The third-order valence-corrected chi connectivity index (χ3v) is 3.41. The van der Waals surface area contributed by atoms with Gasteiger partial charge in [0, 0.05) is 12.4 Å². The van der Waals surface area contributed by atoms with Gasteiger partial charge in [0.1, 0.15) is 12.7 Å². The number of ether oxygens (including phenoxy) is 1. The summed E-state index contributed by atoms with van der Waals surface area (Å²) in [5, 5.41) is 42.0. The highest BCUT2D eigenvalue weighted by Crippen LogP contribution is 2.37. The predicted molar refractivity (Wildman–Crippen MR) is 75.6 cm³/mol. The Morgan fingerprint density at radius 2 is 1.58 bits per heavy atom. The van der Waals surface area contributed by atoms with E-state index in [9.17, 15) is 44.4 Å². The first kappa shape index (κ1) is 15.5. The summed E-state index contributed by atoms with van der Waals surface area (Å²) in [6, 6.07) is 0. The maximum atomic E-state index is 12.2. The van der Waals surface area contributed by atoms with E-state index < -0.39 is 86.7 Å². The summed E-state index contributed by atoms with van der Waals surface area (Å²) in [6.07, 6.45) is -3.52. The summed E-state index contributed by atoms with van der Waals surface area (Å²) in [7, 11) is 0. The van der Waals surface area contributed by atoms with Gasteiger partial charge in [0.15, 0.2) is 29.2 Å². The minimum absolute atomic E-state index is 0.748. The van der Waals surface area contributed by atoms with E-state index >= 15 is 0 Å². The van der Waals surface area contributed by atoms with Gasteiger partial charge >= 0.3 is 5.97 Å². The van der Waals surface area contributed by atoms with Crippen LogP contribution in [-0.2, 0) is 28.7 Å². The number of hydrogen-bond acceptors (Lipinski definition) is 10. The van der Waals surface area contributed by atoms with Crippen LogP contribution >= 0.6 is 0 Å². The molecule has 0 radical (unpaired) electrons. The number of ketones is 3. The van der Waals surface area contributed by atoms with Crippen molar-refractivity contribution in [2.75, 3.05) is 6.61 Å². The first-order chi connectivity index (χ1) is 12.9. The van der Waals surface area contributed by atoms with Crippen molar-refractivity contribution in [2.45, 2.75) is 50.5 Å². The molecule has 4 N–H and O–H groups in total. The number of carbonyl (C=O) groups is 5.